The molecule has 1 atom stereocenters. The van der Waals surface area contributed by atoms with E-state index in [4.69, 9.17) is 0 Å². The Morgan fingerprint density at radius 2 is 1.86 bits per heavy atom. The fraction of sp³-hybridized carbons (Fsp3) is 0.400. The van der Waals surface area contributed by atoms with Crippen LogP contribution < -0.4 is 15.5 Å². The number of carbonyl (C=O) groups is 1. The molecule has 0 spiro atoms. The molecule has 42 heavy (non-hydrogen) atoms. The number of benzene rings is 1. The van der Waals surface area contributed by atoms with Gasteiger partial charge in [-0.25, -0.2) is 28.7 Å². The Kier molecular flexibility index (Phi) is 9.11. The summed E-state index contributed by atoms with van der Waals surface area (Å²) in [7, 11) is 3.56. The number of nitrogens with zero attached hydrogens (tertiary/aromatic N) is 7. The van der Waals surface area contributed by atoms with Crippen molar-refractivity contribution in [1.29, 1.82) is 0 Å². The van der Waals surface area contributed by atoms with Gasteiger partial charge in [0.1, 0.15) is 12.1 Å². The monoisotopic (exact) mass is 575 g/mol. The summed E-state index contributed by atoms with van der Waals surface area (Å²) in [4.78, 5) is 38.6. The summed E-state index contributed by atoms with van der Waals surface area (Å²) < 4.78 is 25.4. The Labute approximate surface area is 243 Å². The van der Waals surface area contributed by atoms with Gasteiger partial charge in [-0.3, -0.25) is 14.7 Å². The molecule has 0 aliphatic carbocycles. The number of piperidine rings is 1. The number of anilines is 2. The largest absolute Gasteiger partial charge is 0.369 e. The number of likely N-dealkylation sites (tertiary alicyclic amines) is 1. The van der Waals surface area contributed by atoms with Gasteiger partial charge in [-0.1, -0.05) is 25.1 Å². The van der Waals surface area contributed by atoms with Crippen molar-refractivity contribution in [2.24, 2.45) is 0 Å². The summed E-state index contributed by atoms with van der Waals surface area (Å²) in [6, 6.07) is 9.68. The van der Waals surface area contributed by atoms with Crippen molar-refractivity contribution in [3.8, 4) is 11.3 Å². The van der Waals surface area contributed by atoms with Crippen LogP contribution in [-0.2, 0) is 0 Å². The molecule has 4 aromatic rings. The van der Waals surface area contributed by atoms with Crippen molar-refractivity contribution in [2.45, 2.75) is 38.2 Å². The van der Waals surface area contributed by atoms with E-state index >= 15 is 0 Å². The normalized spacial score (nSPS) is 15.1. The third kappa shape index (κ3) is 6.59. The lowest BCUT2D eigenvalue weighted by molar-refractivity contribution is 0.0754. The number of halogens is 2. The average molecular weight is 576 g/mol. The van der Waals surface area contributed by atoms with Crippen LogP contribution in [0.5, 0.6) is 0 Å². The molecule has 1 aromatic carbocycles. The highest BCUT2D eigenvalue weighted by molar-refractivity contribution is 6.06. The third-order valence-corrected chi connectivity index (χ3v) is 7.81. The average Bonchev–Trinajstić information content (AvgIpc) is 3.02. The molecule has 1 unspecified atom stereocenters. The van der Waals surface area contributed by atoms with E-state index in [1.165, 1.54) is 6.33 Å². The molecule has 1 amide bonds. The Hall–Kier alpha value is -4.32. The zero-order chi connectivity index (χ0) is 29.6. The molecule has 1 aliphatic heterocycles. The first kappa shape index (κ1) is 29.2. The first-order valence-electron chi connectivity index (χ1n) is 14.1. The maximum atomic E-state index is 12.7. The van der Waals surface area contributed by atoms with Crippen molar-refractivity contribution >= 4 is 28.6 Å². The molecule has 1 aliphatic rings. The number of fused-ring (bicyclic) bond motifs is 1. The van der Waals surface area contributed by atoms with Crippen LogP contribution in [0.1, 0.15) is 41.6 Å². The van der Waals surface area contributed by atoms with Crippen molar-refractivity contribution in [3.63, 3.8) is 0 Å². The van der Waals surface area contributed by atoms with E-state index < -0.39 is 6.43 Å². The number of aromatic nitrogens is 5. The van der Waals surface area contributed by atoms with Gasteiger partial charge in [0.05, 0.1) is 23.3 Å². The number of hydrogen-bond acceptors (Lipinski definition) is 9. The van der Waals surface area contributed by atoms with Gasteiger partial charge in [0.2, 0.25) is 5.95 Å². The number of nitrogens with one attached hydrogen (secondary N) is 2. The second-order valence-corrected chi connectivity index (χ2v) is 10.6. The SMILES string of the molecule is CNC(=O)c1ccnc2c(C(C)CNc3cc(-c4cnc(N(C)C5CCN(CC(F)F)CC5)nc4)ncn3)cccc12. The molecule has 1 fully saturated rings. The van der Waals surface area contributed by atoms with E-state index in [0.29, 0.717) is 42.7 Å². The van der Waals surface area contributed by atoms with Crippen molar-refractivity contribution in [2.75, 3.05) is 50.5 Å². The van der Waals surface area contributed by atoms with Crippen LogP contribution in [-0.4, -0.2) is 88.5 Å². The highest BCUT2D eigenvalue weighted by Crippen LogP contribution is 2.27. The van der Waals surface area contributed by atoms with Gasteiger partial charge in [-0.15, -0.1) is 0 Å². The van der Waals surface area contributed by atoms with Crippen molar-refractivity contribution in [3.05, 3.63) is 66.4 Å². The standard InChI is InChI=1S/C30H35F2N9O/c1-19(22-5-4-6-23-24(29(42)33-2)7-10-34-28(22)23)14-35-27-13-25(38-18-39-27)20-15-36-30(37-16-20)40(3)21-8-11-41(12-9-21)17-26(31)32/h4-7,10,13,15-16,18-19,21,26H,8-9,11-12,14,17H2,1-3H3,(H,33,42)(H,35,38,39). The van der Waals surface area contributed by atoms with E-state index in [0.717, 1.165) is 34.9 Å². The quantitative estimate of drug-likeness (QED) is 0.287. The minimum absolute atomic E-state index is 0.0833. The van der Waals surface area contributed by atoms with E-state index in [1.54, 1.807) is 31.7 Å². The van der Waals surface area contributed by atoms with Crippen LogP contribution in [0.2, 0.25) is 0 Å². The van der Waals surface area contributed by atoms with E-state index in [2.05, 4.69) is 42.5 Å². The van der Waals surface area contributed by atoms with E-state index in [-0.39, 0.29) is 24.4 Å². The van der Waals surface area contributed by atoms with Gasteiger partial charge in [0, 0.05) is 81.3 Å². The molecular weight excluding hydrogens is 540 g/mol. The fourth-order valence-corrected chi connectivity index (χ4v) is 5.39. The Balaban J connectivity index is 1.23. The van der Waals surface area contributed by atoms with Crippen molar-refractivity contribution in [1.82, 2.24) is 35.1 Å². The van der Waals surface area contributed by atoms with Gasteiger partial charge in [0.25, 0.3) is 12.3 Å². The van der Waals surface area contributed by atoms with Gasteiger partial charge < -0.3 is 15.5 Å². The number of amides is 1. The highest BCUT2D eigenvalue weighted by Gasteiger charge is 2.25. The number of pyridine rings is 1. The minimum Gasteiger partial charge on any atom is -0.369 e. The fourth-order valence-electron chi connectivity index (χ4n) is 5.39. The molecule has 3 aromatic heterocycles. The molecule has 10 nitrogen and oxygen atoms in total. The van der Waals surface area contributed by atoms with Gasteiger partial charge in [0.15, 0.2) is 0 Å². The Morgan fingerprint density at radius 3 is 2.57 bits per heavy atom. The van der Waals surface area contributed by atoms with Crippen LogP contribution >= 0.6 is 0 Å². The number of hydrogen-bond donors (Lipinski definition) is 2. The molecular formula is C30H35F2N9O. The molecule has 0 bridgehead atoms. The lowest BCUT2D eigenvalue weighted by Crippen LogP contribution is -2.45. The van der Waals surface area contributed by atoms with Gasteiger partial charge in [-0.2, -0.15) is 0 Å². The smallest absolute Gasteiger partial charge is 0.251 e. The third-order valence-electron chi connectivity index (χ3n) is 7.81. The second-order valence-electron chi connectivity index (χ2n) is 10.6. The minimum atomic E-state index is -2.30. The molecule has 220 valence electrons. The van der Waals surface area contributed by atoms with E-state index in [1.807, 2.05) is 41.1 Å². The number of para-hydroxylation sites is 1. The second kappa shape index (κ2) is 13.1. The summed E-state index contributed by atoms with van der Waals surface area (Å²) in [5, 5.41) is 6.90. The van der Waals surface area contributed by atoms with Gasteiger partial charge >= 0.3 is 0 Å². The maximum Gasteiger partial charge on any atom is 0.251 e. The van der Waals surface area contributed by atoms with Crippen molar-refractivity contribution < 1.29 is 13.6 Å². The van der Waals surface area contributed by atoms with Crippen LogP contribution in [0.25, 0.3) is 22.2 Å². The Bertz CT molecular complexity index is 1510. The zero-order valence-corrected chi connectivity index (χ0v) is 24.0. The predicted octanol–water partition coefficient (Wildman–Crippen LogP) is 4.22. The molecule has 12 heteroatoms. The molecule has 4 heterocycles. The topological polar surface area (TPSA) is 112 Å². The van der Waals surface area contributed by atoms with E-state index in [9.17, 15) is 13.6 Å². The van der Waals surface area contributed by atoms with Crippen LogP contribution in [0.3, 0.4) is 0 Å². The predicted molar refractivity (Wildman–Crippen MR) is 159 cm³/mol. The molecule has 5 rings (SSSR count). The highest BCUT2D eigenvalue weighted by atomic mass is 19.3. The Morgan fingerprint density at radius 1 is 1.10 bits per heavy atom. The van der Waals surface area contributed by atoms with Crippen LogP contribution in [0.4, 0.5) is 20.5 Å². The molecule has 0 radical (unpaired) electrons. The summed E-state index contributed by atoms with van der Waals surface area (Å²) in [5.74, 6) is 1.20. The summed E-state index contributed by atoms with van der Waals surface area (Å²) in [6.45, 7) is 3.81. The zero-order valence-electron chi connectivity index (χ0n) is 24.0. The molecule has 2 N–H and O–H groups in total. The maximum absolute atomic E-state index is 12.7. The first-order chi connectivity index (χ1) is 20.3. The number of rotatable bonds is 10. The number of alkyl halides is 2. The lowest BCUT2D eigenvalue weighted by Gasteiger charge is -2.36. The lowest BCUT2D eigenvalue weighted by atomic mass is 9.96. The summed E-state index contributed by atoms with van der Waals surface area (Å²) in [5.41, 5.74) is 3.89. The van der Waals surface area contributed by atoms with Gasteiger partial charge in [-0.05, 0) is 24.5 Å². The van der Waals surface area contributed by atoms with Crippen LogP contribution in [0.15, 0.2) is 55.2 Å². The first-order valence-corrected chi connectivity index (χ1v) is 14.1. The number of carbonyl (C=O) groups excluding carboxylic acids is 1. The molecule has 0 saturated carbocycles. The summed E-state index contributed by atoms with van der Waals surface area (Å²) in [6.07, 6.45) is 5.93. The van der Waals surface area contributed by atoms with Crippen LogP contribution in [0, 0.1) is 0 Å². The summed E-state index contributed by atoms with van der Waals surface area (Å²) >= 11 is 0. The molecule has 1 saturated heterocycles.